The quantitative estimate of drug-likeness (QED) is 0.647. The lowest BCUT2D eigenvalue weighted by atomic mass is 10.6. The molecule has 0 rings (SSSR count). The van der Waals surface area contributed by atoms with Gasteiger partial charge < -0.3 is 9.79 Å². The van der Waals surface area contributed by atoms with Gasteiger partial charge in [-0.2, -0.15) is 11.8 Å². The summed E-state index contributed by atoms with van der Waals surface area (Å²) in [5.41, 5.74) is 0. The van der Waals surface area contributed by atoms with Crippen LogP contribution in [0.15, 0.2) is 0 Å². The maximum atomic E-state index is 10.3. The van der Waals surface area contributed by atoms with Gasteiger partial charge in [0.1, 0.15) is 0 Å². The van der Waals surface area contributed by atoms with Gasteiger partial charge in [-0.05, 0) is 5.25 Å². The number of hydrogen-bond acceptors (Lipinski definition) is 2. The van der Waals surface area contributed by atoms with Crippen LogP contribution in [0.3, 0.4) is 0 Å². The van der Waals surface area contributed by atoms with E-state index in [0.717, 1.165) is 0 Å². The molecule has 0 aromatic heterocycles. The first-order valence-electron chi connectivity index (χ1n) is 3.08. The minimum atomic E-state index is -3.74. The van der Waals surface area contributed by atoms with Gasteiger partial charge in [0.05, 0.1) is 6.16 Å². The van der Waals surface area contributed by atoms with Crippen LogP contribution in [0.2, 0.25) is 0 Å². The molecule has 3 nitrogen and oxygen atoms in total. The number of thioether (sulfide) groups is 1. The van der Waals surface area contributed by atoms with Crippen LogP contribution in [0.5, 0.6) is 0 Å². The van der Waals surface area contributed by atoms with Crippen molar-refractivity contribution < 1.29 is 14.4 Å². The van der Waals surface area contributed by atoms with E-state index in [4.69, 9.17) is 9.79 Å². The normalized spacial score (nSPS) is 12.5. The lowest BCUT2D eigenvalue weighted by Crippen LogP contribution is -1.95. The van der Waals surface area contributed by atoms with Gasteiger partial charge in [0.25, 0.3) is 0 Å². The van der Waals surface area contributed by atoms with E-state index >= 15 is 0 Å². The summed E-state index contributed by atoms with van der Waals surface area (Å²) in [5, 5.41) is 0.451. The van der Waals surface area contributed by atoms with Crippen LogP contribution in [0.4, 0.5) is 0 Å². The number of hydrogen-bond donors (Lipinski definition) is 2. The standard InChI is InChI=1S/C5H13O3PS/c1-5(2)10-4-3-9(6,7)8/h5H,3-4H2,1-2H3,(H2,6,7,8). The Morgan fingerprint density at radius 2 is 2.00 bits per heavy atom. The largest absolute Gasteiger partial charge is 0.326 e. The third-order valence-corrected chi connectivity index (χ3v) is 3.05. The molecule has 0 bridgehead atoms. The molecule has 10 heavy (non-hydrogen) atoms. The molecule has 0 amide bonds. The van der Waals surface area contributed by atoms with E-state index < -0.39 is 7.60 Å². The molecule has 0 aromatic rings. The van der Waals surface area contributed by atoms with E-state index in [1.54, 1.807) is 11.8 Å². The minimum absolute atomic E-state index is 0.00412. The minimum Gasteiger partial charge on any atom is -0.324 e. The van der Waals surface area contributed by atoms with Gasteiger partial charge >= 0.3 is 7.60 Å². The second-order valence-corrected chi connectivity index (χ2v) is 5.77. The Hall–Kier alpha value is 0.500. The fraction of sp³-hybridized carbons (Fsp3) is 1.00. The summed E-state index contributed by atoms with van der Waals surface area (Å²) in [7, 11) is -3.74. The lowest BCUT2D eigenvalue weighted by Gasteiger charge is -2.04. The van der Waals surface area contributed by atoms with Gasteiger partial charge in [-0.15, -0.1) is 0 Å². The molecular formula is C5H13O3PS. The van der Waals surface area contributed by atoms with Crippen LogP contribution in [0, 0.1) is 0 Å². The van der Waals surface area contributed by atoms with Crippen LogP contribution >= 0.6 is 19.4 Å². The Morgan fingerprint density at radius 1 is 1.50 bits per heavy atom. The Kier molecular flexibility index (Phi) is 4.61. The van der Waals surface area contributed by atoms with Gasteiger partial charge in [0.2, 0.25) is 0 Å². The highest BCUT2D eigenvalue weighted by Crippen LogP contribution is 2.35. The maximum Gasteiger partial charge on any atom is 0.326 e. The fourth-order valence-electron chi connectivity index (χ4n) is 0.407. The molecule has 0 aliphatic carbocycles. The first-order chi connectivity index (χ1) is 4.42. The summed E-state index contributed by atoms with van der Waals surface area (Å²) in [6, 6.07) is 0. The van der Waals surface area contributed by atoms with Crippen molar-refractivity contribution in [1.29, 1.82) is 0 Å². The Balaban J connectivity index is 3.30. The summed E-state index contributed by atoms with van der Waals surface area (Å²) in [5.74, 6) is 0.544. The molecule has 0 aromatic carbocycles. The van der Waals surface area contributed by atoms with Crippen molar-refractivity contribution >= 4 is 19.4 Å². The van der Waals surface area contributed by atoms with Crippen molar-refractivity contribution in [3.63, 3.8) is 0 Å². The van der Waals surface area contributed by atoms with Crippen LogP contribution in [-0.2, 0) is 4.57 Å². The van der Waals surface area contributed by atoms with E-state index in [2.05, 4.69) is 0 Å². The summed E-state index contributed by atoms with van der Waals surface area (Å²) in [6.45, 7) is 4.01. The molecule has 0 spiro atoms. The topological polar surface area (TPSA) is 57.5 Å². The van der Waals surface area contributed by atoms with Crippen LogP contribution in [-0.4, -0.2) is 27.0 Å². The first-order valence-corrected chi connectivity index (χ1v) is 5.92. The van der Waals surface area contributed by atoms with E-state index in [-0.39, 0.29) is 6.16 Å². The SMILES string of the molecule is CC(C)SCCP(=O)(O)O. The first kappa shape index (κ1) is 10.5. The van der Waals surface area contributed by atoms with Crippen LogP contribution in [0.25, 0.3) is 0 Å². The summed E-state index contributed by atoms with van der Waals surface area (Å²) >= 11 is 1.57. The maximum absolute atomic E-state index is 10.3. The zero-order chi connectivity index (χ0) is 8.20. The molecular weight excluding hydrogens is 171 g/mol. The van der Waals surface area contributed by atoms with E-state index in [1.165, 1.54) is 0 Å². The smallest absolute Gasteiger partial charge is 0.324 e. The van der Waals surface area contributed by atoms with Gasteiger partial charge in [0, 0.05) is 5.75 Å². The lowest BCUT2D eigenvalue weighted by molar-refractivity contribution is 0.375. The molecule has 5 heteroatoms. The average molecular weight is 184 g/mol. The fourth-order valence-corrected chi connectivity index (χ4v) is 2.25. The van der Waals surface area contributed by atoms with Crippen molar-refractivity contribution in [3.05, 3.63) is 0 Å². The third-order valence-electron chi connectivity index (χ3n) is 0.834. The predicted molar refractivity (Wildman–Crippen MR) is 44.5 cm³/mol. The molecule has 0 aliphatic rings. The molecule has 0 aliphatic heterocycles. The second-order valence-electron chi connectivity index (χ2n) is 2.31. The second kappa shape index (κ2) is 4.39. The third kappa shape index (κ3) is 8.50. The molecule has 0 radical (unpaired) electrons. The van der Waals surface area contributed by atoms with Crippen LogP contribution in [0.1, 0.15) is 13.8 Å². The van der Waals surface area contributed by atoms with Crippen molar-refractivity contribution in [3.8, 4) is 0 Å². The zero-order valence-corrected chi connectivity index (χ0v) is 7.86. The summed E-state index contributed by atoms with van der Waals surface area (Å²) in [6.07, 6.45) is -0.00412. The highest BCUT2D eigenvalue weighted by Gasteiger charge is 2.11. The molecule has 0 atom stereocenters. The molecule has 2 N–H and O–H groups in total. The molecule has 0 saturated carbocycles. The highest BCUT2D eigenvalue weighted by atomic mass is 32.2. The average Bonchev–Trinajstić information content (AvgIpc) is 1.59. The molecule has 0 unspecified atom stereocenters. The molecule has 62 valence electrons. The Morgan fingerprint density at radius 3 is 2.30 bits per heavy atom. The van der Waals surface area contributed by atoms with Crippen molar-refractivity contribution in [1.82, 2.24) is 0 Å². The Labute approximate surface area is 65.4 Å². The van der Waals surface area contributed by atoms with Crippen molar-refractivity contribution in [2.24, 2.45) is 0 Å². The predicted octanol–water partition coefficient (Wildman–Crippen LogP) is 1.31. The summed E-state index contributed by atoms with van der Waals surface area (Å²) in [4.78, 5) is 16.9. The molecule has 0 saturated heterocycles. The van der Waals surface area contributed by atoms with Gasteiger partial charge in [-0.3, -0.25) is 4.57 Å². The van der Waals surface area contributed by atoms with Gasteiger partial charge in [-0.1, -0.05) is 13.8 Å². The van der Waals surface area contributed by atoms with Gasteiger partial charge in [-0.25, -0.2) is 0 Å². The van der Waals surface area contributed by atoms with Crippen LogP contribution < -0.4 is 0 Å². The monoisotopic (exact) mass is 184 g/mol. The number of rotatable bonds is 4. The van der Waals surface area contributed by atoms with E-state index in [9.17, 15) is 4.57 Å². The molecule has 0 heterocycles. The van der Waals surface area contributed by atoms with E-state index in [0.29, 0.717) is 11.0 Å². The zero-order valence-electron chi connectivity index (χ0n) is 6.15. The van der Waals surface area contributed by atoms with Crippen molar-refractivity contribution in [2.75, 3.05) is 11.9 Å². The molecule has 0 fully saturated rings. The highest BCUT2D eigenvalue weighted by molar-refractivity contribution is 8.00. The van der Waals surface area contributed by atoms with Gasteiger partial charge in [0.15, 0.2) is 0 Å². The Bertz CT molecular complexity index is 131. The van der Waals surface area contributed by atoms with E-state index in [1.807, 2.05) is 13.8 Å². The van der Waals surface area contributed by atoms with Crippen molar-refractivity contribution in [2.45, 2.75) is 19.1 Å². The summed E-state index contributed by atoms with van der Waals surface area (Å²) < 4.78 is 10.3.